The average Bonchev–Trinajstić information content (AvgIpc) is 3.62. The van der Waals surface area contributed by atoms with Crippen molar-refractivity contribution in [2.24, 2.45) is 0 Å². The molecule has 0 unspecified atom stereocenters. The highest BCUT2D eigenvalue weighted by Gasteiger charge is 2.19. The van der Waals surface area contributed by atoms with Gasteiger partial charge in [0.25, 0.3) is 0 Å². The van der Waals surface area contributed by atoms with Gasteiger partial charge in [-0.05, 0) is 74.5 Å². The topological polar surface area (TPSA) is 78.8 Å². The van der Waals surface area contributed by atoms with E-state index in [-0.39, 0.29) is 0 Å². The van der Waals surface area contributed by atoms with Crippen LogP contribution in [0, 0.1) is 22.7 Å². The number of hydrogen-bond acceptors (Lipinski definition) is 5. The molecule has 0 saturated carbocycles. The van der Waals surface area contributed by atoms with Crippen molar-refractivity contribution in [1.82, 2.24) is 4.57 Å². The third-order valence-electron chi connectivity index (χ3n) is 5.32. The Kier molecular flexibility index (Phi) is 5.51. The third kappa shape index (κ3) is 3.99. The highest BCUT2D eigenvalue weighted by molar-refractivity contribution is 7.22. The molecular formula is C28H19N3O2S. The minimum absolute atomic E-state index is 0.586. The molecule has 0 fully saturated rings. The van der Waals surface area contributed by atoms with Crippen molar-refractivity contribution in [3.8, 4) is 39.9 Å². The van der Waals surface area contributed by atoms with Gasteiger partial charge in [-0.1, -0.05) is 18.2 Å². The van der Waals surface area contributed by atoms with Crippen LogP contribution in [0.15, 0.2) is 86.7 Å². The van der Waals surface area contributed by atoms with Crippen LogP contribution in [0.1, 0.15) is 25.4 Å². The van der Waals surface area contributed by atoms with Gasteiger partial charge in [0.2, 0.25) is 0 Å². The molecule has 0 N–H and O–H groups in total. The quantitative estimate of drug-likeness (QED) is 0.248. The molecule has 0 amide bonds. The standard InChI is InChI=1S/C28H19N3O2S/c1-18(16-29)12-21-8-10-25(32-21)23-14-27-24(31(23)20-6-4-3-5-7-20)15-28(34-27)26-11-9-22(33-26)13-19(2)17-30/h3-15H,1-2H3/b18-12-,19-13-. The summed E-state index contributed by atoms with van der Waals surface area (Å²) in [7, 11) is 0. The molecule has 0 spiro atoms. The van der Waals surface area contributed by atoms with E-state index >= 15 is 0 Å². The molecule has 34 heavy (non-hydrogen) atoms. The largest absolute Gasteiger partial charge is 0.456 e. The van der Waals surface area contributed by atoms with Crippen LogP contribution in [-0.2, 0) is 0 Å². The second-order valence-electron chi connectivity index (χ2n) is 7.84. The Balaban J connectivity index is 1.62. The van der Waals surface area contributed by atoms with Crippen LogP contribution in [0.25, 0.3) is 50.1 Å². The summed E-state index contributed by atoms with van der Waals surface area (Å²) in [5, 5.41) is 18.1. The molecule has 1 aromatic carbocycles. The summed E-state index contributed by atoms with van der Waals surface area (Å²) in [6, 6.07) is 26.2. The van der Waals surface area contributed by atoms with Gasteiger partial charge in [-0.15, -0.1) is 11.3 Å². The van der Waals surface area contributed by atoms with Crippen molar-refractivity contribution in [2.45, 2.75) is 13.8 Å². The number of nitrogens with zero attached hydrogens (tertiary/aromatic N) is 3. The molecule has 5 nitrogen and oxygen atoms in total. The summed E-state index contributed by atoms with van der Waals surface area (Å²) in [5.74, 6) is 2.78. The number of hydrogen-bond donors (Lipinski definition) is 0. The molecule has 0 radical (unpaired) electrons. The maximum atomic E-state index is 9.07. The van der Waals surface area contributed by atoms with Crippen LogP contribution in [-0.4, -0.2) is 4.57 Å². The van der Waals surface area contributed by atoms with Crippen LogP contribution >= 0.6 is 11.3 Å². The molecule has 0 bridgehead atoms. The third-order valence-corrected chi connectivity index (χ3v) is 6.41. The fourth-order valence-corrected chi connectivity index (χ4v) is 4.82. The zero-order valence-electron chi connectivity index (χ0n) is 18.6. The molecule has 4 aromatic heterocycles. The number of nitriles is 2. The highest BCUT2D eigenvalue weighted by Crippen LogP contribution is 2.41. The smallest absolute Gasteiger partial charge is 0.151 e. The van der Waals surface area contributed by atoms with E-state index in [1.807, 2.05) is 42.5 Å². The zero-order valence-corrected chi connectivity index (χ0v) is 19.4. The van der Waals surface area contributed by atoms with Crippen molar-refractivity contribution in [3.05, 3.63) is 89.4 Å². The van der Waals surface area contributed by atoms with Gasteiger partial charge in [0, 0.05) is 16.8 Å². The second kappa shape index (κ2) is 8.78. The average molecular weight is 462 g/mol. The summed E-state index contributed by atoms with van der Waals surface area (Å²) in [6.07, 6.45) is 3.47. The van der Waals surface area contributed by atoms with Gasteiger partial charge in [0.1, 0.15) is 17.3 Å². The van der Waals surface area contributed by atoms with E-state index in [0.29, 0.717) is 22.7 Å². The first kappa shape index (κ1) is 21.3. The van der Waals surface area contributed by atoms with E-state index < -0.39 is 0 Å². The first-order valence-corrected chi connectivity index (χ1v) is 11.5. The zero-order chi connectivity index (χ0) is 23.7. The first-order chi connectivity index (χ1) is 16.6. The SMILES string of the molecule is C/C(C#N)=C/c1ccc(-c2cc3c(cc(-c4ccc(/C=C(/C)C#N)o4)n3-c3ccccc3)s2)o1. The molecule has 0 aliphatic carbocycles. The van der Waals surface area contributed by atoms with E-state index in [4.69, 9.17) is 19.4 Å². The fraction of sp³-hybridized carbons (Fsp3) is 0.0714. The van der Waals surface area contributed by atoms with Gasteiger partial charge >= 0.3 is 0 Å². The molecular weight excluding hydrogens is 442 g/mol. The van der Waals surface area contributed by atoms with Crippen molar-refractivity contribution in [2.75, 3.05) is 0 Å². The summed E-state index contributed by atoms with van der Waals surface area (Å²) < 4.78 is 15.3. The lowest BCUT2D eigenvalue weighted by Crippen LogP contribution is -1.95. The van der Waals surface area contributed by atoms with E-state index in [2.05, 4.69) is 41.0 Å². The summed E-state index contributed by atoms with van der Waals surface area (Å²) >= 11 is 1.64. The predicted octanol–water partition coefficient (Wildman–Crippen LogP) is 8.07. The number of rotatable bonds is 5. The van der Waals surface area contributed by atoms with Gasteiger partial charge in [0.05, 0.1) is 32.9 Å². The van der Waals surface area contributed by atoms with Gasteiger partial charge in [-0.25, -0.2) is 0 Å². The first-order valence-electron chi connectivity index (χ1n) is 10.6. The highest BCUT2D eigenvalue weighted by atomic mass is 32.1. The predicted molar refractivity (Wildman–Crippen MR) is 135 cm³/mol. The molecule has 6 heteroatoms. The fourth-order valence-electron chi connectivity index (χ4n) is 3.77. The van der Waals surface area contributed by atoms with Crippen LogP contribution < -0.4 is 0 Å². The van der Waals surface area contributed by atoms with Crippen LogP contribution in [0.5, 0.6) is 0 Å². The molecule has 5 aromatic rings. The molecule has 0 saturated heterocycles. The lowest BCUT2D eigenvalue weighted by Gasteiger charge is -2.08. The Morgan fingerprint density at radius 1 is 0.824 bits per heavy atom. The monoisotopic (exact) mass is 461 g/mol. The number of allylic oxidation sites excluding steroid dienone is 2. The number of furan rings is 2. The Labute approximate surface area is 200 Å². The lowest BCUT2D eigenvalue weighted by atomic mass is 10.2. The van der Waals surface area contributed by atoms with E-state index in [9.17, 15) is 0 Å². The molecule has 0 aliphatic heterocycles. The van der Waals surface area contributed by atoms with E-state index in [0.717, 1.165) is 38.0 Å². The second-order valence-corrected chi connectivity index (χ2v) is 8.93. The van der Waals surface area contributed by atoms with Gasteiger partial charge in [0.15, 0.2) is 5.76 Å². The van der Waals surface area contributed by atoms with Gasteiger partial charge in [-0.3, -0.25) is 0 Å². The Morgan fingerprint density at radius 3 is 2.09 bits per heavy atom. The Hall–Kier alpha value is -4.52. The van der Waals surface area contributed by atoms with E-state index in [1.165, 1.54) is 0 Å². The maximum Gasteiger partial charge on any atom is 0.151 e. The number of para-hydroxylation sites is 1. The van der Waals surface area contributed by atoms with Crippen molar-refractivity contribution in [1.29, 1.82) is 10.5 Å². The van der Waals surface area contributed by atoms with E-state index in [1.54, 1.807) is 37.3 Å². The number of benzene rings is 1. The van der Waals surface area contributed by atoms with Crippen LogP contribution in [0.3, 0.4) is 0 Å². The minimum Gasteiger partial charge on any atom is -0.456 e. The van der Waals surface area contributed by atoms with Gasteiger partial charge < -0.3 is 13.4 Å². The van der Waals surface area contributed by atoms with Crippen molar-refractivity contribution < 1.29 is 8.83 Å². The number of fused-ring (bicyclic) bond motifs is 1. The van der Waals surface area contributed by atoms with Crippen LogP contribution in [0.2, 0.25) is 0 Å². The van der Waals surface area contributed by atoms with Crippen molar-refractivity contribution in [3.63, 3.8) is 0 Å². The maximum absolute atomic E-state index is 9.07. The summed E-state index contributed by atoms with van der Waals surface area (Å²) in [4.78, 5) is 1.00. The lowest BCUT2D eigenvalue weighted by molar-refractivity contribution is 0.568. The summed E-state index contributed by atoms with van der Waals surface area (Å²) in [6.45, 7) is 3.51. The normalized spacial score (nSPS) is 12.1. The minimum atomic E-state index is 0.586. The molecule has 0 aliphatic rings. The summed E-state index contributed by atoms with van der Waals surface area (Å²) in [5.41, 5.74) is 4.18. The Morgan fingerprint density at radius 2 is 1.44 bits per heavy atom. The Bertz CT molecular complexity index is 1640. The van der Waals surface area contributed by atoms with Crippen LogP contribution in [0.4, 0.5) is 0 Å². The molecule has 5 rings (SSSR count). The molecule has 4 heterocycles. The van der Waals surface area contributed by atoms with Gasteiger partial charge in [-0.2, -0.15) is 10.5 Å². The molecule has 0 atom stereocenters. The number of thiophene rings is 1. The number of aromatic nitrogens is 1. The molecule has 164 valence electrons. The van der Waals surface area contributed by atoms with Crippen molar-refractivity contribution >= 4 is 33.7 Å².